The number of benzene rings is 2. The van der Waals surface area contributed by atoms with Gasteiger partial charge >= 0.3 is 0 Å². The van der Waals surface area contributed by atoms with Crippen molar-refractivity contribution in [3.63, 3.8) is 0 Å². The summed E-state index contributed by atoms with van der Waals surface area (Å²) >= 11 is 6.12. The molecule has 2 aromatic carbocycles. The van der Waals surface area contributed by atoms with E-state index in [0.717, 1.165) is 39.7 Å². The Morgan fingerprint density at radius 3 is 2.72 bits per heavy atom. The van der Waals surface area contributed by atoms with E-state index in [2.05, 4.69) is 16.4 Å². The largest absolute Gasteiger partial charge is 0.361 e. The fourth-order valence-corrected chi connectivity index (χ4v) is 4.24. The summed E-state index contributed by atoms with van der Waals surface area (Å²) in [4.78, 5) is 30.1. The van der Waals surface area contributed by atoms with E-state index < -0.39 is 0 Å². The Hall–Kier alpha value is -2.79. The summed E-state index contributed by atoms with van der Waals surface area (Å²) in [6, 6.07) is 11.7. The van der Waals surface area contributed by atoms with E-state index in [4.69, 9.17) is 11.6 Å². The molecule has 0 aliphatic carbocycles. The molecule has 3 aromatic rings. The van der Waals surface area contributed by atoms with Gasteiger partial charge in [-0.2, -0.15) is 0 Å². The molecule has 1 aromatic heterocycles. The van der Waals surface area contributed by atoms with Gasteiger partial charge in [0.25, 0.3) is 0 Å². The van der Waals surface area contributed by atoms with Crippen LogP contribution in [0.15, 0.2) is 42.6 Å². The third-order valence-electron chi connectivity index (χ3n) is 5.46. The minimum absolute atomic E-state index is 0.0310. The van der Waals surface area contributed by atoms with Crippen LogP contribution in [0.3, 0.4) is 0 Å². The normalized spacial score (nSPS) is 16.6. The minimum Gasteiger partial charge on any atom is -0.361 e. The average molecular weight is 410 g/mol. The Bertz CT molecular complexity index is 1070. The van der Waals surface area contributed by atoms with E-state index >= 15 is 0 Å². The fraction of sp³-hybridized carbons (Fsp3) is 0.304. The van der Waals surface area contributed by atoms with E-state index in [1.54, 1.807) is 4.90 Å². The summed E-state index contributed by atoms with van der Waals surface area (Å²) in [5, 5.41) is 4.74. The van der Waals surface area contributed by atoms with E-state index in [-0.39, 0.29) is 24.2 Å². The molecule has 6 heteroatoms. The highest BCUT2D eigenvalue weighted by Crippen LogP contribution is 2.25. The van der Waals surface area contributed by atoms with E-state index in [1.807, 2.05) is 50.4 Å². The molecule has 29 heavy (non-hydrogen) atoms. The first-order valence-electron chi connectivity index (χ1n) is 9.81. The van der Waals surface area contributed by atoms with Crippen molar-refractivity contribution < 1.29 is 9.59 Å². The van der Waals surface area contributed by atoms with Crippen molar-refractivity contribution in [2.24, 2.45) is 5.92 Å². The number of halogens is 1. The molecular formula is C23H24ClN3O2. The van der Waals surface area contributed by atoms with Gasteiger partial charge in [0, 0.05) is 47.3 Å². The monoisotopic (exact) mass is 409 g/mol. The van der Waals surface area contributed by atoms with Crippen LogP contribution in [0, 0.1) is 19.8 Å². The van der Waals surface area contributed by atoms with Crippen LogP contribution in [0.1, 0.15) is 23.1 Å². The maximum Gasteiger partial charge on any atom is 0.229 e. The topological polar surface area (TPSA) is 65.2 Å². The van der Waals surface area contributed by atoms with E-state index in [0.29, 0.717) is 18.1 Å². The summed E-state index contributed by atoms with van der Waals surface area (Å²) in [5.74, 6) is -0.381. The van der Waals surface area contributed by atoms with Crippen molar-refractivity contribution in [2.75, 3.05) is 18.4 Å². The molecular weight excluding hydrogens is 386 g/mol. The zero-order valence-corrected chi connectivity index (χ0v) is 17.3. The van der Waals surface area contributed by atoms with Gasteiger partial charge in [0.05, 0.1) is 5.92 Å². The lowest BCUT2D eigenvalue weighted by Gasteiger charge is -2.16. The van der Waals surface area contributed by atoms with E-state index in [9.17, 15) is 9.59 Å². The van der Waals surface area contributed by atoms with Gasteiger partial charge in [0.1, 0.15) is 0 Å². The molecule has 5 nitrogen and oxygen atoms in total. The first kappa shape index (κ1) is 19.5. The lowest BCUT2D eigenvalue weighted by Crippen LogP contribution is -2.30. The molecule has 1 aliphatic rings. The van der Waals surface area contributed by atoms with Crippen LogP contribution < -0.4 is 5.32 Å². The van der Waals surface area contributed by atoms with Crippen molar-refractivity contribution in [3.8, 4) is 0 Å². The number of aromatic amines is 1. The van der Waals surface area contributed by atoms with Crippen molar-refractivity contribution in [3.05, 3.63) is 64.3 Å². The highest BCUT2D eigenvalue weighted by Gasteiger charge is 2.34. The molecule has 2 heterocycles. The molecule has 1 fully saturated rings. The molecule has 0 saturated carbocycles. The summed E-state index contributed by atoms with van der Waals surface area (Å²) in [6.45, 7) is 5.05. The van der Waals surface area contributed by atoms with Crippen molar-refractivity contribution in [1.82, 2.24) is 9.88 Å². The van der Waals surface area contributed by atoms with Gasteiger partial charge in [-0.25, -0.2) is 0 Å². The second-order valence-electron chi connectivity index (χ2n) is 7.86. The van der Waals surface area contributed by atoms with Crippen LogP contribution >= 0.6 is 11.6 Å². The van der Waals surface area contributed by atoms with Crippen molar-refractivity contribution >= 4 is 40.0 Å². The molecule has 1 aliphatic heterocycles. The van der Waals surface area contributed by atoms with Gasteiger partial charge in [-0.1, -0.05) is 17.7 Å². The number of rotatable bonds is 5. The minimum atomic E-state index is -0.319. The number of aromatic nitrogens is 1. The second-order valence-corrected chi connectivity index (χ2v) is 8.30. The zero-order chi connectivity index (χ0) is 20.5. The van der Waals surface area contributed by atoms with Crippen LogP contribution in [-0.4, -0.2) is 34.8 Å². The first-order chi connectivity index (χ1) is 13.9. The van der Waals surface area contributed by atoms with Crippen LogP contribution in [-0.2, 0) is 16.0 Å². The number of H-pyrrole nitrogens is 1. The van der Waals surface area contributed by atoms with Crippen LogP contribution in [0.25, 0.3) is 10.9 Å². The Morgan fingerprint density at radius 2 is 1.97 bits per heavy atom. The maximum absolute atomic E-state index is 12.7. The van der Waals surface area contributed by atoms with Crippen molar-refractivity contribution in [1.29, 1.82) is 0 Å². The van der Waals surface area contributed by atoms with Crippen LogP contribution in [0.4, 0.5) is 5.69 Å². The second kappa shape index (κ2) is 7.91. The molecule has 4 rings (SSSR count). The van der Waals surface area contributed by atoms with E-state index in [1.165, 1.54) is 0 Å². The van der Waals surface area contributed by atoms with Gasteiger partial charge < -0.3 is 15.2 Å². The Balaban J connectivity index is 1.38. The predicted octanol–water partition coefficient (Wildman–Crippen LogP) is 4.47. The number of carbonyl (C=O) groups excluding carboxylic acids is 2. The van der Waals surface area contributed by atoms with Crippen molar-refractivity contribution in [2.45, 2.75) is 26.7 Å². The first-order valence-corrected chi connectivity index (χ1v) is 10.2. The molecule has 2 N–H and O–H groups in total. The molecule has 1 unspecified atom stereocenters. The highest BCUT2D eigenvalue weighted by atomic mass is 35.5. The Morgan fingerprint density at radius 1 is 1.21 bits per heavy atom. The van der Waals surface area contributed by atoms with Gasteiger partial charge in [-0.15, -0.1) is 0 Å². The number of hydrogen-bond acceptors (Lipinski definition) is 2. The molecule has 150 valence electrons. The molecule has 0 spiro atoms. The summed E-state index contributed by atoms with van der Waals surface area (Å²) in [5.41, 5.74) is 5.14. The number of hydrogen-bond donors (Lipinski definition) is 2. The number of anilines is 1. The van der Waals surface area contributed by atoms with Gasteiger partial charge in [-0.3, -0.25) is 9.59 Å². The lowest BCUT2D eigenvalue weighted by molar-refractivity contribution is -0.128. The average Bonchev–Trinajstić information content (AvgIpc) is 3.22. The standard InChI is InChI=1S/C23H24ClN3O2/c1-14-7-15(2)9-19(8-14)26-23(29)17-10-22(28)27(13-17)6-5-16-12-25-21-4-3-18(24)11-20(16)21/h3-4,7-9,11-12,17,25H,5-6,10,13H2,1-2H3,(H,26,29). The Labute approximate surface area is 175 Å². The summed E-state index contributed by atoms with van der Waals surface area (Å²) in [7, 11) is 0. The number of carbonyl (C=O) groups is 2. The predicted molar refractivity (Wildman–Crippen MR) is 116 cm³/mol. The third kappa shape index (κ3) is 4.30. The quantitative estimate of drug-likeness (QED) is 0.653. The molecule has 2 amide bonds. The number of likely N-dealkylation sites (tertiary alicyclic amines) is 1. The number of nitrogens with one attached hydrogen (secondary N) is 2. The fourth-order valence-electron chi connectivity index (χ4n) is 4.07. The molecule has 1 saturated heterocycles. The van der Waals surface area contributed by atoms with Crippen LogP contribution in [0.5, 0.6) is 0 Å². The zero-order valence-electron chi connectivity index (χ0n) is 16.6. The summed E-state index contributed by atoms with van der Waals surface area (Å²) < 4.78 is 0. The summed E-state index contributed by atoms with van der Waals surface area (Å²) in [6.07, 6.45) is 2.94. The number of aryl methyl sites for hydroxylation is 2. The maximum atomic E-state index is 12.7. The number of nitrogens with zero attached hydrogens (tertiary/aromatic N) is 1. The smallest absolute Gasteiger partial charge is 0.229 e. The number of amides is 2. The molecule has 0 radical (unpaired) electrons. The van der Waals surface area contributed by atoms with Gasteiger partial charge in [0.15, 0.2) is 0 Å². The highest BCUT2D eigenvalue weighted by molar-refractivity contribution is 6.31. The van der Waals surface area contributed by atoms with Gasteiger partial charge in [0.2, 0.25) is 11.8 Å². The molecule has 1 atom stereocenters. The van der Waals surface area contributed by atoms with Gasteiger partial charge in [-0.05, 0) is 67.3 Å². The van der Waals surface area contributed by atoms with Crippen LogP contribution in [0.2, 0.25) is 5.02 Å². The SMILES string of the molecule is Cc1cc(C)cc(NC(=O)C2CC(=O)N(CCc3c[nH]c4ccc(Cl)cc34)C2)c1. The number of fused-ring (bicyclic) bond motifs is 1. The molecule has 0 bridgehead atoms. The Kier molecular flexibility index (Phi) is 5.33. The lowest BCUT2D eigenvalue weighted by atomic mass is 10.1. The third-order valence-corrected chi connectivity index (χ3v) is 5.69.